The summed E-state index contributed by atoms with van der Waals surface area (Å²) in [4.78, 5) is 26.3. The second kappa shape index (κ2) is 8.13. The van der Waals surface area contributed by atoms with Crippen LogP contribution in [0.15, 0.2) is 36.9 Å². The summed E-state index contributed by atoms with van der Waals surface area (Å²) in [6, 6.07) is 3.44. The van der Waals surface area contributed by atoms with Crippen LogP contribution >= 0.6 is 0 Å². The van der Waals surface area contributed by atoms with E-state index in [1.54, 1.807) is 6.07 Å². The highest BCUT2D eigenvalue weighted by atomic mass is 19.1. The lowest BCUT2D eigenvalue weighted by Gasteiger charge is -2.20. The summed E-state index contributed by atoms with van der Waals surface area (Å²) in [7, 11) is 0. The molecular formula is C14H16FN5O4. The topological polar surface area (TPSA) is 129 Å². The van der Waals surface area contributed by atoms with Crippen molar-refractivity contribution in [1.29, 1.82) is 0 Å². The number of hydrogen-bond acceptors (Lipinski definition) is 6. The molecule has 2 rings (SSSR count). The Morgan fingerprint density at radius 3 is 2.42 bits per heavy atom. The van der Waals surface area contributed by atoms with Crippen LogP contribution < -0.4 is 10.9 Å². The van der Waals surface area contributed by atoms with E-state index in [2.05, 4.69) is 20.9 Å². The van der Waals surface area contributed by atoms with Gasteiger partial charge in [0.05, 0.1) is 6.54 Å². The summed E-state index contributed by atoms with van der Waals surface area (Å²) in [6.07, 6.45) is 2.45. The van der Waals surface area contributed by atoms with Crippen LogP contribution in [0.3, 0.4) is 0 Å². The minimum atomic E-state index is -1.24. The number of hydrogen-bond donors (Lipinski definition) is 4. The molecule has 0 aliphatic rings. The van der Waals surface area contributed by atoms with E-state index in [4.69, 9.17) is 0 Å². The average Bonchev–Trinajstić information content (AvgIpc) is 3.04. The first-order valence-electron chi connectivity index (χ1n) is 7.00. The van der Waals surface area contributed by atoms with Gasteiger partial charge in [-0.25, -0.2) is 20.2 Å². The normalized spacial score (nSPS) is 13.4. The number of carboxylic acids is 2. The Hall–Kier alpha value is -2.85. The smallest absolute Gasteiger partial charge is 0.323 e. The molecule has 0 bridgehead atoms. The maximum atomic E-state index is 13.6. The minimum absolute atomic E-state index is 0.0611. The molecule has 0 amide bonds. The Balaban J connectivity index is 2.00. The van der Waals surface area contributed by atoms with Crippen LogP contribution in [-0.2, 0) is 22.6 Å². The molecule has 1 unspecified atom stereocenters. The van der Waals surface area contributed by atoms with Crippen molar-refractivity contribution in [1.82, 2.24) is 25.6 Å². The number of aromatic nitrogens is 3. The Morgan fingerprint density at radius 1 is 1.17 bits per heavy atom. The maximum Gasteiger partial charge on any atom is 0.323 e. The Kier molecular flexibility index (Phi) is 5.93. The van der Waals surface area contributed by atoms with Crippen molar-refractivity contribution >= 4 is 11.9 Å². The second-order valence-corrected chi connectivity index (χ2v) is 4.98. The van der Waals surface area contributed by atoms with Gasteiger partial charge in [0, 0.05) is 6.42 Å². The SMILES string of the molecule is O=C(O)C(Cc1ccccc1F)NN[C@@H](Cn1cncn1)C(=O)O. The van der Waals surface area contributed by atoms with Gasteiger partial charge in [-0.05, 0) is 11.6 Å². The highest BCUT2D eigenvalue weighted by molar-refractivity contribution is 5.75. The molecule has 2 atom stereocenters. The first-order chi connectivity index (χ1) is 11.5. The monoisotopic (exact) mass is 337 g/mol. The van der Waals surface area contributed by atoms with Gasteiger partial charge in [0.15, 0.2) is 0 Å². The highest BCUT2D eigenvalue weighted by Crippen LogP contribution is 2.09. The number of carboxylic acid groups (broad SMARTS) is 2. The van der Waals surface area contributed by atoms with Gasteiger partial charge in [-0.1, -0.05) is 18.2 Å². The summed E-state index contributed by atoms with van der Waals surface area (Å²) < 4.78 is 14.9. The lowest BCUT2D eigenvalue weighted by atomic mass is 10.1. The van der Waals surface area contributed by atoms with Gasteiger partial charge in [-0.2, -0.15) is 5.10 Å². The molecule has 2 aromatic rings. The number of nitrogens with zero attached hydrogens (tertiary/aromatic N) is 3. The summed E-state index contributed by atoms with van der Waals surface area (Å²) in [5, 5.41) is 22.2. The zero-order valence-electron chi connectivity index (χ0n) is 12.5. The van der Waals surface area contributed by atoms with E-state index in [0.29, 0.717) is 0 Å². The number of aliphatic carboxylic acids is 2. The van der Waals surface area contributed by atoms with E-state index in [0.717, 1.165) is 0 Å². The molecule has 1 heterocycles. The highest BCUT2D eigenvalue weighted by Gasteiger charge is 2.23. The van der Waals surface area contributed by atoms with E-state index < -0.39 is 29.8 Å². The third-order valence-electron chi connectivity index (χ3n) is 3.25. The van der Waals surface area contributed by atoms with Crippen molar-refractivity contribution in [3.05, 3.63) is 48.3 Å². The largest absolute Gasteiger partial charge is 0.480 e. The van der Waals surface area contributed by atoms with Crippen molar-refractivity contribution in [3.63, 3.8) is 0 Å². The molecule has 4 N–H and O–H groups in total. The van der Waals surface area contributed by atoms with Crippen LogP contribution in [0.4, 0.5) is 4.39 Å². The summed E-state index contributed by atoms with van der Waals surface area (Å²) in [5.41, 5.74) is 5.08. The van der Waals surface area contributed by atoms with Crippen LogP contribution in [0.2, 0.25) is 0 Å². The molecule has 1 aromatic heterocycles. The molecule has 9 nitrogen and oxygen atoms in total. The van der Waals surface area contributed by atoms with Crippen molar-refractivity contribution in [2.24, 2.45) is 0 Å². The van der Waals surface area contributed by atoms with Gasteiger partial charge < -0.3 is 10.2 Å². The zero-order chi connectivity index (χ0) is 17.5. The lowest BCUT2D eigenvalue weighted by molar-refractivity contribution is -0.143. The molecule has 10 heteroatoms. The molecule has 0 aliphatic carbocycles. The quantitative estimate of drug-likeness (QED) is 0.457. The van der Waals surface area contributed by atoms with Gasteiger partial charge in [0.1, 0.15) is 30.6 Å². The number of benzene rings is 1. The number of carbonyl (C=O) groups is 2. The summed E-state index contributed by atoms with van der Waals surface area (Å²) in [6.45, 7) is -0.0611. The second-order valence-electron chi connectivity index (χ2n) is 4.98. The zero-order valence-corrected chi connectivity index (χ0v) is 12.5. The molecule has 0 fully saturated rings. The Labute approximate surface area is 136 Å². The van der Waals surface area contributed by atoms with Gasteiger partial charge in [0.2, 0.25) is 0 Å². The van der Waals surface area contributed by atoms with E-state index >= 15 is 0 Å². The fourth-order valence-corrected chi connectivity index (χ4v) is 1.98. The number of rotatable bonds is 9. The number of hydrazine groups is 1. The predicted molar refractivity (Wildman–Crippen MR) is 79.2 cm³/mol. The number of nitrogens with one attached hydrogen (secondary N) is 2. The summed E-state index contributed by atoms with van der Waals surface area (Å²) in [5.74, 6) is -2.97. The van der Waals surface area contributed by atoms with E-state index in [1.165, 1.54) is 35.5 Å². The van der Waals surface area contributed by atoms with Gasteiger partial charge in [-0.3, -0.25) is 14.3 Å². The third-order valence-corrected chi connectivity index (χ3v) is 3.25. The molecule has 0 aliphatic heterocycles. The van der Waals surface area contributed by atoms with E-state index in [-0.39, 0.29) is 18.5 Å². The Bertz CT molecular complexity index is 694. The van der Waals surface area contributed by atoms with Crippen LogP contribution in [-0.4, -0.2) is 49.0 Å². The molecule has 24 heavy (non-hydrogen) atoms. The Morgan fingerprint density at radius 2 is 1.83 bits per heavy atom. The summed E-state index contributed by atoms with van der Waals surface area (Å²) >= 11 is 0. The van der Waals surface area contributed by atoms with E-state index in [9.17, 15) is 24.2 Å². The molecule has 0 spiro atoms. The van der Waals surface area contributed by atoms with Crippen LogP contribution in [0.25, 0.3) is 0 Å². The molecule has 128 valence electrons. The third kappa shape index (κ3) is 4.83. The first kappa shape index (κ1) is 17.5. The average molecular weight is 337 g/mol. The van der Waals surface area contributed by atoms with Crippen molar-refractivity contribution < 1.29 is 24.2 Å². The standard InChI is InChI=1S/C14H16FN5O4/c15-10-4-2-1-3-9(10)5-11(13(21)22)18-19-12(14(23)24)6-20-8-16-7-17-20/h1-4,7-8,11-12,18-19H,5-6H2,(H,21,22)(H,23,24)/t11?,12-/m0/s1. The van der Waals surface area contributed by atoms with Crippen LogP contribution in [0, 0.1) is 5.82 Å². The lowest BCUT2D eigenvalue weighted by Crippen LogP contribution is -2.54. The van der Waals surface area contributed by atoms with Gasteiger partial charge >= 0.3 is 11.9 Å². The van der Waals surface area contributed by atoms with Crippen molar-refractivity contribution in [2.75, 3.05) is 0 Å². The minimum Gasteiger partial charge on any atom is -0.480 e. The first-order valence-corrected chi connectivity index (χ1v) is 7.00. The molecule has 0 saturated heterocycles. The van der Waals surface area contributed by atoms with Crippen molar-refractivity contribution in [2.45, 2.75) is 25.0 Å². The molecule has 1 aromatic carbocycles. The maximum absolute atomic E-state index is 13.6. The predicted octanol–water partition coefficient (Wildman–Crippen LogP) is -0.340. The number of halogens is 1. The molecule has 0 radical (unpaired) electrons. The van der Waals surface area contributed by atoms with Crippen molar-refractivity contribution in [3.8, 4) is 0 Å². The fourth-order valence-electron chi connectivity index (χ4n) is 1.98. The molecular weight excluding hydrogens is 321 g/mol. The molecule has 0 saturated carbocycles. The fraction of sp³-hybridized carbons (Fsp3) is 0.286. The van der Waals surface area contributed by atoms with Gasteiger partial charge in [-0.15, -0.1) is 0 Å². The van der Waals surface area contributed by atoms with Crippen LogP contribution in [0.1, 0.15) is 5.56 Å². The van der Waals surface area contributed by atoms with Crippen LogP contribution in [0.5, 0.6) is 0 Å². The van der Waals surface area contributed by atoms with Gasteiger partial charge in [0.25, 0.3) is 0 Å². The van der Waals surface area contributed by atoms with E-state index in [1.807, 2.05) is 0 Å².